The normalized spacial score (nSPS) is 12.4. The fourth-order valence-electron chi connectivity index (χ4n) is 1.93. The fraction of sp³-hybridized carbons (Fsp3) is 0.200. The van der Waals surface area contributed by atoms with Gasteiger partial charge in [0.2, 0.25) is 0 Å². The number of hydrogen-bond donors (Lipinski definition) is 2. The van der Waals surface area contributed by atoms with Crippen molar-refractivity contribution >= 4 is 22.6 Å². The van der Waals surface area contributed by atoms with Gasteiger partial charge in [0.15, 0.2) is 0 Å². The summed E-state index contributed by atoms with van der Waals surface area (Å²) < 4.78 is 1.24. The molecule has 2 nitrogen and oxygen atoms in total. The molecule has 3 heteroatoms. The van der Waals surface area contributed by atoms with E-state index in [0.717, 1.165) is 6.42 Å². The molecule has 94 valence electrons. The topological polar surface area (TPSA) is 38.0 Å². The van der Waals surface area contributed by atoms with E-state index in [0.29, 0.717) is 0 Å². The van der Waals surface area contributed by atoms with Gasteiger partial charge in [-0.15, -0.1) is 0 Å². The van der Waals surface area contributed by atoms with Crippen molar-refractivity contribution in [2.75, 3.05) is 0 Å². The van der Waals surface area contributed by atoms with Crippen LogP contribution in [0, 0.1) is 10.5 Å². The van der Waals surface area contributed by atoms with Gasteiger partial charge >= 0.3 is 0 Å². The van der Waals surface area contributed by atoms with Crippen LogP contribution >= 0.6 is 22.6 Å². The molecule has 0 spiro atoms. The van der Waals surface area contributed by atoms with Crippen LogP contribution in [-0.4, -0.2) is 0 Å². The predicted octanol–water partition coefficient (Wildman–Crippen LogP) is 3.35. The van der Waals surface area contributed by atoms with Gasteiger partial charge in [-0.2, -0.15) is 0 Å². The molecular weight excluding hydrogens is 335 g/mol. The van der Waals surface area contributed by atoms with Crippen LogP contribution in [-0.2, 0) is 6.42 Å². The third-order valence-electron chi connectivity index (χ3n) is 3.03. The van der Waals surface area contributed by atoms with E-state index in [1.165, 1.54) is 20.3 Å². The molecular formula is C15H17IN2. The van der Waals surface area contributed by atoms with E-state index in [9.17, 15) is 0 Å². The van der Waals surface area contributed by atoms with Gasteiger partial charge < -0.3 is 0 Å². The van der Waals surface area contributed by atoms with Gasteiger partial charge in [0.05, 0.1) is 0 Å². The molecule has 1 atom stereocenters. The van der Waals surface area contributed by atoms with Gasteiger partial charge in [-0.3, -0.25) is 11.3 Å². The first-order valence-electron chi connectivity index (χ1n) is 5.96. The standard InChI is InChI=1S/C15H17IN2/c1-11-2-4-12(5-3-11)10-15(18-17)13-6-8-14(16)9-7-13/h2-9,15,18H,10,17H2,1H3. The Morgan fingerprint density at radius 2 is 1.67 bits per heavy atom. The van der Waals surface area contributed by atoms with Crippen LogP contribution in [0.4, 0.5) is 0 Å². The van der Waals surface area contributed by atoms with E-state index in [1.54, 1.807) is 0 Å². The van der Waals surface area contributed by atoms with Gasteiger partial charge in [0, 0.05) is 9.61 Å². The average Bonchev–Trinajstić information content (AvgIpc) is 2.39. The van der Waals surface area contributed by atoms with Crippen LogP contribution in [0.2, 0.25) is 0 Å². The van der Waals surface area contributed by atoms with Gasteiger partial charge in [-0.25, -0.2) is 0 Å². The first-order chi connectivity index (χ1) is 8.69. The molecule has 3 N–H and O–H groups in total. The summed E-state index contributed by atoms with van der Waals surface area (Å²) in [5.41, 5.74) is 6.70. The largest absolute Gasteiger partial charge is 0.271 e. The fourth-order valence-corrected chi connectivity index (χ4v) is 2.29. The molecule has 0 aliphatic carbocycles. The smallest absolute Gasteiger partial charge is 0.0500 e. The molecule has 0 saturated carbocycles. The summed E-state index contributed by atoms with van der Waals surface area (Å²) in [6.07, 6.45) is 0.900. The Morgan fingerprint density at radius 3 is 2.22 bits per heavy atom. The zero-order valence-electron chi connectivity index (χ0n) is 10.4. The van der Waals surface area contributed by atoms with E-state index < -0.39 is 0 Å². The Bertz CT molecular complexity index is 491. The number of benzene rings is 2. The summed E-state index contributed by atoms with van der Waals surface area (Å²) in [5.74, 6) is 5.67. The minimum Gasteiger partial charge on any atom is -0.271 e. The Balaban J connectivity index is 2.14. The molecule has 2 aromatic carbocycles. The molecule has 0 aliphatic rings. The van der Waals surface area contributed by atoms with Crippen molar-refractivity contribution < 1.29 is 0 Å². The van der Waals surface area contributed by atoms with Crippen molar-refractivity contribution in [1.82, 2.24) is 5.43 Å². The van der Waals surface area contributed by atoms with Crippen molar-refractivity contribution in [3.63, 3.8) is 0 Å². The molecule has 0 aromatic heterocycles. The molecule has 0 aliphatic heterocycles. The van der Waals surface area contributed by atoms with E-state index in [1.807, 2.05) is 0 Å². The summed E-state index contributed by atoms with van der Waals surface area (Å²) in [4.78, 5) is 0. The van der Waals surface area contributed by atoms with Crippen molar-refractivity contribution in [2.24, 2.45) is 5.84 Å². The summed E-state index contributed by atoms with van der Waals surface area (Å²) in [7, 11) is 0. The average molecular weight is 352 g/mol. The van der Waals surface area contributed by atoms with Gasteiger partial charge in [-0.05, 0) is 59.2 Å². The quantitative estimate of drug-likeness (QED) is 0.503. The van der Waals surface area contributed by atoms with Crippen LogP contribution in [0.25, 0.3) is 0 Å². The lowest BCUT2D eigenvalue weighted by atomic mass is 9.99. The van der Waals surface area contributed by atoms with Crippen molar-refractivity contribution in [1.29, 1.82) is 0 Å². The maximum atomic E-state index is 5.67. The zero-order valence-corrected chi connectivity index (χ0v) is 12.5. The van der Waals surface area contributed by atoms with Gasteiger partial charge in [0.25, 0.3) is 0 Å². The lowest BCUT2D eigenvalue weighted by Gasteiger charge is -2.16. The predicted molar refractivity (Wildman–Crippen MR) is 84.1 cm³/mol. The van der Waals surface area contributed by atoms with E-state index >= 15 is 0 Å². The molecule has 0 fully saturated rings. The molecule has 0 amide bonds. The summed E-state index contributed by atoms with van der Waals surface area (Å²) in [6, 6.07) is 17.2. The van der Waals surface area contributed by atoms with Crippen LogP contribution in [0.5, 0.6) is 0 Å². The Labute approximate surface area is 122 Å². The van der Waals surface area contributed by atoms with Crippen molar-refractivity contribution in [3.05, 3.63) is 68.8 Å². The third kappa shape index (κ3) is 3.54. The Morgan fingerprint density at radius 1 is 1.06 bits per heavy atom. The minimum absolute atomic E-state index is 0.157. The molecule has 18 heavy (non-hydrogen) atoms. The first-order valence-corrected chi connectivity index (χ1v) is 7.04. The number of halogens is 1. The number of rotatable bonds is 4. The first kappa shape index (κ1) is 13.5. The molecule has 0 heterocycles. The zero-order chi connectivity index (χ0) is 13.0. The third-order valence-corrected chi connectivity index (χ3v) is 3.75. The number of aryl methyl sites for hydroxylation is 1. The minimum atomic E-state index is 0.157. The van der Waals surface area contributed by atoms with Crippen LogP contribution in [0.3, 0.4) is 0 Å². The van der Waals surface area contributed by atoms with Gasteiger partial charge in [0.1, 0.15) is 0 Å². The summed E-state index contributed by atoms with van der Waals surface area (Å²) >= 11 is 2.31. The SMILES string of the molecule is Cc1ccc(CC(NN)c2ccc(I)cc2)cc1. The second kappa shape index (κ2) is 6.31. The summed E-state index contributed by atoms with van der Waals surface area (Å²) in [6.45, 7) is 2.10. The lowest BCUT2D eigenvalue weighted by Crippen LogP contribution is -2.29. The highest BCUT2D eigenvalue weighted by Gasteiger charge is 2.10. The van der Waals surface area contributed by atoms with Crippen molar-refractivity contribution in [2.45, 2.75) is 19.4 Å². The highest BCUT2D eigenvalue weighted by molar-refractivity contribution is 14.1. The number of hydrogen-bond acceptors (Lipinski definition) is 2. The summed E-state index contributed by atoms with van der Waals surface area (Å²) in [5, 5.41) is 0. The second-order valence-corrected chi connectivity index (χ2v) is 5.71. The van der Waals surface area contributed by atoms with Crippen LogP contribution in [0.1, 0.15) is 22.7 Å². The number of nitrogens with two attached hydrogens (primary N) is 1. The van der Waals surface area contributed by atoms with Crippen molar-refractivity contribution in [3.8, 4) is 0 Å². The number of nitrogens with one attached hydrogen (secondary N) is 1. The molecule has 2 rings (SSSR count). The molecule has 2 aromatic rings. The molecule has 1 unspecified atom stereocenters. The molecule has 0 saturated heterocycles. The van der Waals surface area contributed by atoms with Crippen LogP contribution in [0.15, 0.2) is 48.5 Å². The molecule has 0 bridgehead atoms. The van der Waals surface area contributed by atoms with Crippen LogP contribution < -0.4 is 11.3 Å². The maximum Gasteiger partial charge on any atom is 0.0500 e. The van der Waals surface area contributed by atoms with E-state index in [4.69, 9.17) is 5.84 Å². The Hall–Kier alpha value is -0.910. The molecule has 0 radical (unpaired) electrons. The Kier molecular flexibility index (Phi) is 4.74. The van der Waals surface area contributed by atoms with E-state index in [2.05, 4.69) is 83.5 Å². The monoisotopic (exact) mass is 352 g/mol. The second-order valence-electron chi connectivity index (χ2n) is 4.46. The highest BCUT2D eigenvalue weighted by atomic mass is 127. The maximum absolute atomic E-state index is 5.67. The number of hydrazine groups is 1. The highest BCUT2D eigenvalue weighted by Crippen LogP contribution is 2.19. The van der Waals surface area contributed by atoms with E-state index in [-0.39, 0.29) is 6.04 Å². The van der Waals surface area contributed by atoms with Gasteiger partial charge in [-0.1, -0.05) is 42.0 Å². The lowest BCUT2D eigenvalue weighted by molar-refractivity contribution is 0.552.